The first-order chi connectivity index (χ1) is 13.8. The Labute approximate surface area is 173 Å². The van der Waals surface area contributed by atoms with Gasteiger partial charge in [0.25, 0.3) is 0 Å². The first-order valence-corrected chi connectivity index (χ1v) is 9.82. The molecule has 0 fully saturated rings. The number of benzene rings is 2. The number of carbonyl (C=O) groups is 1. The Kier molecular flexibility index (Phi) is 8.49. The van der Waals surface area contributed by atoms with E-state index in [0.717, 1.165) is 16.9 Å². The number of methoxy groups -OCH3 is 1. The zero-order valence-electron chi connectivity index (χ0n) is 17.6. The van der Waals surface area contributed by atoms with Crippen LogP contribution < -0.4 is 15.4 Å². The van der Waals surface area contributed by atoms with E-state index in [0.29, 0.717) is 19.5 Å². The molecule has 2 aromatic rings. The minimum atomic E-state index is -0.777. The highest BCUT2D eigenvalue weighted by molar-refractivity contribution is 5.68. The van der Waals surface area contributed by atoms with Gasteiger partial charge in [-0.3, -0.25) is 0 Å². The minimum Gasteiger partial charge on any atom is -0.497 e. The van der Waals surface area contributed by atoms with Crippen molar-refractivity contribution in [2.45, 2.75) is 51.5 Å². The molecule has 1 amide bonds. The Hall–Kier alpha value is -2.57. The van der Waals surface area contributed by atoms with Crippen LogP contribution in [0.1, 0.15) is 31.9 Å². The first kappa shape index (κ1) is 22.7. The number of carbonyl (C=O) groups excluding carboxylic acids is 1. The Morgan fingerprint density at radius 3 is 2.28 bits per heavy atom. The van der Waals surface area contributed by atoms with Crippen molar-refractivity contribution < 1.29 is 19.4 Å². The topological polar surface area (TPSA) is 79.8 Å². The van der Waals surface area contributed by atoms with Crippen LogP contribution in [-0.4, -0.2) is 42.6 Å². The van der Waals surface area contributed by atoms with Crippen LogP contribution in [-0.2, 0) is 17.7 Å². The summed E-state index contributed by atoms with van der Waals surface area (Å²) in [4.78, 5) is 12.2. The van der Waals surface area contributed by atoms with Crippen molar-refractivity contribution >= 4 is 6.09 Å². The molecule has 0 aliphatic rings. The van der Waals surface area contributed by atoms with E-state index in [4.69, 9.17) is 9.47 Å². The van der Waals surface area contributed by atoms with Crippen molar-refractivity contribution in [2.75, 3.05) is 13.7 Å². The van der Waals surface area contributed by atoms with Gasteiger partial charge in [0, 0.05) is 13.1 Å². The van der Waals surface area contributed by atoms with Gasteiger partial charge in [-0.1, -0.05) is 42.5 Å². The zero-order chi connectivity index (χ0) is 21.3. The molecule has 29 heavy (non-hydrogen) atoms. The molecule has 0 saturated heterocycles. The van der Waals surface area contributed by atoms with Gasteiger partial charge in [-0.15, -0.1) is 0 Å². The average Bonchev–Trinajstić information content (AvgIpc) is 2.67. The van der Waals surface area contributed by atoms with Gasteiger partial charge in [-0.25, -0.2) is 4.79 Å². The molecule has 3 N–H and O–H groups in total. The Morgan fingerprint density at radius 2 is 1.69 bits per heavy atom. The molecular weight excluding hydrogens is 368 g/mol. The molecule has 0 aliphatic heterocycles. The number of alkyl carbamates (subject to hydrolysis) is 1. The van der Waals surface area contributed by atoms with Gasteiger partial charge >= 0.3 is 6.09 Å². The van der Waals surface area contributed by atoms with E-state index in [1.54, 1.807) is 7.11 Å². The van der Waals surface area contributed by atoms with Gasteiger partial charge in [0.1, 0.15) is 11.4 Å². The van der Waals surface area contributed by atoms with Crippen LogP contribution in [0, 0.1) is 0 Å². The Bertz CT molecular complexity index is 742. The smallest absolute Gasteiger partial charge is 0.407 e. The third kappa shape index (κ3) is 8.54. The molecule has 0 aromatic heterocycles. The van der Waals surface area contributed by atoms with Crippen LogP contribution in [0.3, 0.4) is 0 Å². The van der Waals surface area contributed by atoms with E-state index in [1.165, 1.54) is 0 Å². The average molecular weight is 401 g/mol. The lowest BCUT2D eigenvalue weighted by Crippen LogP contribution is -2.49. The Balaban J connectivity index is 1.94. The number of hydrogen-bond acceptors (Lipinski definition) is 5. The SMILES string of the molecule is COc1ccc(CNC[C@H](O)[C@H](Cc2ccccc2)NC(=O)OC(C)(C)C)cc1. The van der Waals surface area contributed by atoms with Gasteiger partial charge < -0.3 is 25.2 Å². The van der Waals surface area contributed by atoms with Crippen LogP contribution in [0.5, 0.6) is 5.75 Å². The third-order valence-electron chi connectivity index (χ3n) is 4.31. The highest BCUT2D eigenvalue weighted by Crippen LogP contribution is 2.12. The lowest BCUT2D eigenvalue weighted by atomic mass is 10.0. The van der Waals surface area contributed by atoms with Crippen molar-refractivity contribution in [3.8, 4) is 5.75 Å². The molecule has 6 heteroatoms. The van der Waals surface area contributed by atoms with Gasteiger partial charge in [0.2, 0.25) is 0 Å². The summed E-state index contributed by atoms with van der Waals surface area (Å²) in [7, 11) is 1.63. The summed E-state index contributed by atoms with van der Waals surface area (Å²) in [5, 5.41) is 16.8. The van der Waals surface area contributed by atoms with Gasteiger partial charge in [-0.2, -0.15) is 0 Å². The molecule has 0 aliphatic carbocycles. The normalized spacial score (nSPS) is 13.4. The molecule has 0 radical (unpaired) electrons. The second kappa shape index (κ2) is 10.8. The fourth-order valence-corrected chi connectivity index (χ4v) is 2.86. The number of hydrogen-bond donors (Lipinski definition) is 3. The summed E-state index contributed by atoms with van der Waals surface area (Å²) < 4.78 is 10.5. The van der Waals surface area contributed by atoms with Crippen LogP contribution in [0.15, 0.2) is 54.6 Å². The molecule has 0 unspecified atom stereocenters. The maximum Gasteiger partial charge on any atom is 0.407 e. The summed E-state index contributed by atoms with van der Waals surface area (Å²) in [6.07, 6.45) is -0.806. The predicted octanol–water partition coefficient (Wildman–Crippen LogP) is 3.28. The molecule has 2 rings (SSSR count). The van der Waals surface area contributed by atoms with Crippen molar-refractivity contribution in [1.29, 1.82) is 0 Å². The number of nitrogens with one attached hydrogen (secondary N) is 2. The number of ether oxygens (including phenoxy) is 2. The second-order valence-corrected chi connectivity index (χ2v) is 7.99. The Morgan fingerprint density at radius 1 is 1.03 bits per heavy atom. The fraction of sp³-hybridized carbons (Fsp3) is 0.435. The van der Waals surface area contributed by atoms with Crippen LogP contribution in [0.25, 0.3) is 0 Å². The zero-order valence-corrected chi connectivity index (χ0v) is 17.6. The van der Waals surface area contributed by atoms with E-state index in [1.807, 2.05) is 75.4 Å². The molecule has 0 spiro atoms. The van der Waals surface area contributed by atoms with Gasteiger partial charge in [0.15, 0.2) is 0 Å². The molecular formula is C23H32N2O4. The molecule has 2 atom stereocenters. The van der Waals surface area contributed by atoms with E-state index >= 15 is 0 Å². The molecule has 0 bridgehead atoms. The van der Waals surface area contributed by atoms with Crippen molar-refractivity contribution in [2.24, 2.45) is 0 Å². The summed E-state index contributed by atoms with van der Waals surface area (Å²) in [5.74, 6) is 0.804. The highest BCUT2D eigenvalue weighted by atomic mass is 16.6. The van der Waals surface area contributed by atoms with E-state index in [9.17, 15) is 9.90 Å². The summed E-state index contributed by atoms with van der Waals surface area (Å²) in [6, 6.07) is 17.0. The van der Waals surface area contributed by atoms with E-state index in [2.05, 4.69) is 10.6 Å². The molecule has 158 valence electrons. The maximum absolute atomic E-state index is 12.2. The second-order valence-electron chi connectivity index (χ2n) is 7.99. The first-order valence-electron chi connectivity index (χ1n) is 9.82. The number of amides is 1. The molecule has 0 heterocycles. The van der Waals surface area contributed by atoms with Crippen molar-refractivity contribution in [1.82, 2.24) is 10.6 Å². The quantitative estimate of drug-likeness (QED) is 0.602. The lowest BCUT2D eigenvalue weighted by Gasteiger charge is -2.27. The number of aliphatic hydroxyl groups is 1. The highest BCUT2D eigenvalue weighted by Gasteiger charge is 2.24. The molecule has 0 saturated carbocycles. The summed E-state index contributed by atoms with van der Waals surface area (Å²) >= 11 is 0. The van der Waals surface area contributed by atoms with Crippen molar-refractivity contribution in [3.63, 3.8) is 0 Å². The van der Waals surface area contributed by atoms with Crippen LogP contribution >= 0.6 is 0 Å². The van der Waals surface area contributed by atoms with E-state index < -0.39 is 23.8 Å². The molecule has 6 nitrogen and oxygen atoms in total. The molecule has 2 aromatic carbocycles. The standard InChI is InChI=1S/C23H32N2O4/c1-23(2,3)29-22(27)25-20(14-17-8-6-5-7-9-17)21(26)16-24-15-18-10-12-19(28-4)13-11-18/h5-13,20-21,24,26H,14-16H2,1-4H3,(H,25,27)/t20-,21-/m0/s1. The fourth-order valence-electron chi connectivity index (χ4n) is 2.86. The van der Waals surface area contributed by atoms with Crippen molar-refractivity contribution in [3.05, 3.63) is 65.7 Å². The lowest BCUT2D eigenvalue weighted by molar-refractivity contribution is 0.0422. The third-order valence-corrected chi connectivity index (χ3v) is 4.31. The maximum atomic E-state index is 12.2. The summed E-state index contributed by atoms with van der Waals surface area (Å²) in [6.45, 7) is 6.37. The van der Waals surface area contributed by atoms with Crippen LogP contribution in [0.2, 0.25) is 0 Å². The number of rotatable bonds is 9. The predicted molar refractivity (Wildman–Crippen MR) is 114 cm³/mol. The number of aliphatic hydroxyl groups excluding tert-OH is 1. The van der Waals surface area contributed by atoms with Gasteiger partial charge in [-0.05, 0) is 50.5 Å². The largest absolute Gasteiger partial charge is 0.497 e. The summed E-state index contributed by atoms with van der Waals surface area (Å²) in [5.41, 5.74) is 1.51. The minimum absolute atomic E-state index is 0.333. The van der Waals surface area contributed by atoms with Gasteiger partial charge in [0.05, 0.1) is 19.3 Å². The monoisotopic (exact) mass is 400 g/mol. The van der Waals surface area contributed by atoms with Crippen LogP contribution in [0.4, 0.5) is 4.79 Å². The van der Waals surface area contributed by atoms with E-state index in [-0.39, 0.29) is 0 Å².